The Kier molecular flexibility index (Phi) is 5.24. The minimum atomic E-state index is -0.0820. The van der Waals surface area contributed by atoms with E-state index >= 15 is 0 Å². The minimum Gasteiger partial charge on any atom is -0.456 e. The Morgan fingerprint density at radius 3 is 2.61 bits per heavy atom. The molecule has 0 saturated carbocycles. The van der Waals surface area contributed by atoms with Gasteiger partial charge in [0.05, 0.1) is 11.4 Å². The van der Waals surface area contributed by atoms with Crippen LogP contribution in [-0.2, 0) is 11.2 Å². The van der Waals surface area contributed by atoms with E-state index in [4.69, 9.17) is 27.9 Å². The van der Waals surface area contributed by atoms with E-state index in [-0.39, 0.29) is 5.91 Å². The second-order valence-electron chi connectivity index (χ2n) is 6.33. The Bertz CT molecular complexity index is 1140. The first-order valence-electron chi connectivity index (χ1n) is 8.66. The van der Waals surface area contributed by atoms with Crippen molar-refractivity contribution in [1.29, 1.82) is 0 Å². The van der Waals surface area contributed by atoms with E-state index < -0.39 is 0 Å². The van der Waals surface area contributed by atoms with Gasteiger partial charge in [0.15, 0.2) is 0 Å². The summed E-state index contributed by atoms with van der Waals surface area (Å²) in [5.41, 5.74) is 2.71. The molecule has 0 atom stereocenters. The Balaban J connectivity index is 1.39. The lowest BCUT2D eigenvalue weighted by molar-refractivity contribution is -0.115. The van der Waals surface area contributed by atoms with Gasteiger partial charge in [-0.1, -0.05) is 29.3 Å². The zero-order valence-electron chi connectivity index (χ0n) is 14.7. The van der Waals surface area contributed by atoms with Gasteiger partial charge in [-0.25, -0.2) is 0 Å². The number of halogens is 2. The molecule has 0 aliphatic heterocycles. The number of aromatic nitrogens is 1. The largest absolute Gasteiger partial charge is 0.456 e. The van der Waals surface area contributed by atoms with Gasteiger partial charge in [-0.15, -0.1) is 0 Å². The summed E-state index contributed by atoms with van der Waals surface area (Å²) < 4.78 is 5.75. The number of hydrogen-bond donors (Lipinski definition) is 2. The number of anilines is 1. The molecule has 0 spiro atoms. The number of hydrogen-bond acceptors (Lipinski definition) is 2. The maximum absolute atomic E-state index is 12.3. The van der Waals surface area contributed by atoms with E-state index in [2.05, 4.69) is 10.3 Å². The fourth-order valence-electron chi connectivity index (χ4n) is 2.89. The number of ether oxygens (including phenoxy) is 1. The van der Waals surface area contributed by atoms with Crippen LogP contribution in [0.4, 0.5) is 5.69 Å². The van der Waals surface area contributed by atoms with Gasteiger partial charge in [-0.05, 0) is 65.5 Å². The summed E-state index contributed by atoms with van der Waals surface area (Å²) >= 11 is 12.1. The number of aromatic amines is 1. The van der Waals surface area contributed by atoms with Crippen molar-refractivity contribution < 1.29 is 9.53 Å². The molecule has 28 heavy (non-hydrogen) atoms. The predicted octanol–water partition coefficient (Wildman–Crippen LogP) is 6.45. The van der Waals surface area contributed by atoms with Gasteiger partial charge in [0, 0.05) is 28.5 Å². The third-order valence-corrected chi connectivity index (χ3v) is 4.79. The second-order valence-corrected chi connectivity index (χ2v) is 7.17. The number of benzene rings is 3. The van der Waals surface area contributed by atoms with E-state index in [1.54, 1.807) is 42.5 Å². The fraction of sp³-hybridized carbons (Fsp3) is 0.0455. The smallest absolute Gasteiger partial charge is 0.228 e. The summed E-state index contributed by atoms with van der Waals surface area (Å²) in [5, 5.41) is 5.00. The molecule has 6 heteroatoms. The lowest BCUT2D eigenvalue weighted by atomic mass is 10.1. The average Bonchev–Trinajstić information content (AvgIpc) is 3.14. The van der Waals surface area contributed by atoms with Crippen LogP contribution in [0.2, 0.25) is 10.0 Å². The SMILES string of the molecule is O=C(Cc1ccc2[nH]ccc2c1)Nc1ccc(Oc2cc(Cl)ccc2Cl)cc1. The maximum atomic E-state index is 12.3. The predicted molar refractivity (Wildman–Crippen MR) is 114 cm³/mol. The molecule has 4 rings (SSSR count). The van der Waals surface area contributed by atoms with Gasteiger partial charge in [0.2, 0.25) is 5.91 Å². The molecular weight excluding hydrogens is 395 g/mol. The molecule has 0 unspecified atom stereocenters. The molecule has 0 bridgehead atoms. The first-order chi connectivity index (χ1) is 13.6. The highest BCUT2D eigenvalue weighted by atomic mass is 35.5. The molecule has 4 nitrogen and oxygen atoms in total. The highest BCUT2D eigenvalue weighted by Crippen LogP contribution is 2.32. The van der Waals surface area contributed by atoms with Crippen LogP contribution < -0.4 is 10.1 Å². The van der Waals surface area contributed by atoms with Crippen molar-refractivity contribution in [3.63, 3.8) is 0 Å². The van der Waals surface area contributed by atoms with Crippen molar-refractivity contribution in [3.05, 3.63) is 88.5 Å². The Morgan fingerprint density at radius 2 is 1.79 bits per heavy atom. The van der Waals surface area contributed by atoms with E-state index in [9.17, 15) is 4.79 Å². The third kappa shape index (κ3) is 4.30. The number of nitrogens with one attached hydrogen (secondary N) is 2. The van der Waals surface area contributed by atoms with Gasteiger partial charge in [0.1, 0.15) is 11.5 Å². The van der Waals surface area contributed by atoms with Crippen LogP contribution >= 0.6 is 23.2 Å². The minimum absolute atomic E-state index is 0.0820. The van der Waals surface area contributed by atoms with Crippen LogP contribution in [0.25, 0.3) is 10.9 Å². The molecule has 2 N–H and O–H groups in total. The molecule has 0 fully saturated rings. The summed E-state index contributed by atoms with van der Waals surface area (Å²) in [6.45, 7) is 0. The van der Waals surface area contributed by atoms with Crippen molar-refractivity contribution in [2.75, 3.05) is 5.32 Å². The maximum Gasteiger partial charge on any atom is 0.228 e. The van der Waals surface area contributed by atoms with E-state index in [1.807, 2.05) is 30.5 Å². The Morgan fingerprint density at radius 1 is 0.964 bits per heavy atom. The van der Waals surface area contributed by atoms with Crippen LogP contribution in [0, 0.1) is 0 Å². The summed E-state index contributed by atoms with van der Waals surface area (Å²) in [7, 11) is 0. The average molecular weight is 411 g/mol. The van der Waals surface area contributed by atoms with E-state index in [1.165, 1.54) is 0 Å². The summed E-state index contributed by atoms with van der Waals surface area (Å²) in [6.07, 6.45) is 2.19. The molecule has 1 amide bonds. The van der Waals surface area contributed by atoms with Crippen LogP contribution in [0.15, 0.2) is 72.9 Å². The first-order valence-corrected chi connectivity index (χ1v) is 9.41. The number of carbonyl (C=O) groups excluding carboxylic acids is 1. The second kappa shape index (κ2) is 7.97. The Labute approximate surface area is 172 Å². The number of fused-ring (bicyclic) bond motifs is 1. The van der Waals surface area contributed by atoms with Crippen molar-refractivity contribution >= 4 is 45.7 Å². The molecule has 0 aliphatic carbocycles. The molecule has 4 aromatic rings. The fourth-order valence-corrected chi connectivity index (χ4v) is 3.21. The topological polar surface area (TPSA) is 54.1 Å². The zero-order valence-corrected chi connectivity index (χ0v) is 16.2. The van der Waals surface area contributed by atoms with Gasteiger partial charge in [-0.2, -0.15) is 0 Å². The summed E-state index contributed by atoms with van der Waals surface area (Å²) in [5.74, 6) is 0.993. The molecule has 3 aromatic carbocycles. The van der Waals surface area contributed by atoms with Crippen LogP contribution in [-0.4, -0.2) is 10.9 Å². The van der Waals surface area contributed by atoms with E-state index in [0.29, 0.717) is 33.7 Å². The van der Waals surface area contributed by atoms with Gasteiger partial charge >= 0.3 is 0 Å². The molecule has 1 aromatic heterocycles. The first kappa shape index (κ1) is 18.4. The highest BCUT2D eigenvalue weighted by Gasteiger charge is 2.07. The van der Waals surface area contributed by atoms with Gasteiger partial charge in [-0.3, -0.25) is 4.79 Å². The molecule has 0 radical (unpaired) electrons. The Hall–Kier alpha value is -2.95. The summed E-state index contributed by atoms with van der Waals surface area (Å²) in [4.78, 5) is 15.5. The van der Waals surface area contributed by atoms with Crippen molar-refractivity contribution in [2.45, 2.75) is 6.42 Å². The van der Waals surface area contributed by atoms with Crippen LogP contribution in [0.5, 0.6) is 11.5 Å². The van der Waals surface area contributed by atoms with E-state index in [0.717, 1.165) is 16.5 Å². The van der Waals surface area contributed by atoms with Crippen LogP contribution in [0.1, 0.15) is 5.56 Å². The molecular formula is C22H16Cl2N2O2. The number of H-pyrrole nitrogens is 1. The zero-order chi connectivity index (χ0) is 19.5. The molecule has 1 heterocycles. The molecule has 140 valence electrons. The highest BCUT2D eigenvalue weighted by molar-refractivity contribution is 6.34. The quantitative estimate of drug-likeness (QED) is 0.397. The van der Waals surface area contributed by atoms with Crippen molar-refractivity contribution in [3.8, 4) is 11.5 Å². The normalized spacial score (nSPS) is 10.8. The standard InChI is InChI=1S/C22H16Cl2N2O2/c23-16-2-7-19(24)21(13-16)28-18-5-3-17(4-6-18)26-22(27)12-14-1-8-20-15(11-14)9-10-25-20/h1-11,13,25H,12H2,(H,26,27). The molecule has 0 saturated heterocycles. The number of amides is 1. The van der Waals surface area contributed by atoms with Crippen LogP contribution in [0.3, 0.4) is 0 Å². The van der Waals surface area contributed by atoms with Crippen molar-refractivity contribution in [1.82, 2.24) is 4.98 Å². The summed E-state index contributed by atoms with van der Waals surface area (Å²) in [6, 6.07) is 20.0. The number of carbonyl (C=O) groups is 1. The van der Waals surface area contributed by atoms with Gasteiger partial charge in [0.25, 0.3) is 0 Å². The lowest BCUT2D eigenvalue weighted by Gasteiger charge is -2.10. The number of rotatable bonds is 5. The lowest BCUT2D eigenvalue weighted by Crippen LogP contribution is -2.14. The molecule has 0 aliphatic rings. The van der Waals surface area contributed by atoms with Crippen molar-refractivity contribution in [2.24, 2.45) is 0 Å². The van der Waals surface area contributed by atoms with Gasteiger partial charge < -0.3 is 15.0 Å². The monoisotopic (exact) mass is 410 g/mol. The third-order valence-electron chi connectivity index (χ3n) is 4.24.